The largest absolute Gasteiger partial charge is 0.389 e. The first-order chi connectivity index (χ1) is 9.76. The number of aliphatic hydroxyl groups excluding tert-OH is 1. The lowest BCUT2D eigenvalue weighted by Gasteiger charge is -2.50. The lowest BCUT2D eigenvalue weighted by atomic mass is 9.54. The van der Waals surface area contributed by atoms with Crippen molar-refractivity contribution in [3.8, 4) is 0 Å². The number of benzene rings is 1. The van der Waals surface area contributed by atoms with E-state index >= 15 is 0 Å². The predicted octanol–water partition coefficient (Wildman–Crippen LogP) is 2.80. The molecule has 6 rings (SSSR count). The predicted molar refractivity (Wildman–Crippen MR) is 79.9 cm³/mol. The van der Waals surface area contributed by atoms with Crippen LogP contribution in [0.5, 0.6) is 0 Å². The number of thiophene rings is 1. The second kappa shape index (κ2) is 2.89. The van der Waals surface area contributed by atoms with Crippen LogP contribution in [0.3, 0.4) is 0 Å². The molecule has 2 fully saturated rings. The summed E-state index contributed by atoms with van der Waals surface area (Å²) < 4.78 is 1.42. The Balaban J connectivity index is 1.70. The van der Waals surface area contributed by atoms with Crippen LogP contribution in [0.1, 0.15) is 23.3 Å². The molecule has 20 heavy (non-hydrogen) atoms. The van der Waals surface area contributed by atoms with Gasteiger partial charge >= 0.3 is 0 Å². The molecule has 1 aromatic heterocycles. The third kappa shape index (κ3) is 0.842. The van der Waals surface area contributed by atoms with Crippen molar-refractivity contribution in [3.63, 3.8) is 0 Å². The molecule has 5 atom stereocenters. The normalized spacial score (nSPS) is 46.4. The Kier molecular flexibility index (Phi) is 1.52. The molecule has 2 unspecified atom stereocenters. The van der Waals surface area contributed by atoms with Gasteiger partial charge in [-0.3, -0.25) is 4.90 Å². The summed E-state index contributed by atoms with van der Waals surface area (Å²) in [5.74, 6) is 0. The minimum absolute atomic E-state index is 0.216. The zero-order valence-corrected chi connectivity index (χ0v) is 11.9. The quantitative estimate of drug-likeness (QED) is 0.593. The molecule has 100 valence electrons. The first-order valence-corrected chi connectivity index (χ1v) is 8.23. The summed E-state index contributed by atoms with van der Waals surface area (Å²) in [7, 11) is 0. The Morgan fingerprint density at radius 2 is 2.15 bits per heavy atom. The van der Waals surface area contributed by atoms with Gasteiger partial charge in [-0.2, -0.15) is 0 Å². The molecular formula is C17H15NOS. The van der Waals surface area contributed by atoms with Crippen LogP contribution in [-0.4, -0.2) is 27.7 Å². The van der Waals surface area contributed by atoms with Crippen LogP contribution in [0.2, 0.25) is 0 Å². The van der Waals surface area contributed by atoms with Crippen molar-refractivity contribution in [3.05, 3.63) is 46.9 Å². The van der Waals surface area contributed by atoms with Crippen LogP contribution in [0.25, 0.3) is 10.1 Å². The van der Waals surface area contributed by atoms with Gasteiger partial charge in [-0.1, -0.05) is 30.4 Å². The molecule has 2 nitrogen and oxygen atoms in total. The summed E-state index contributed by atoms with van der Waals surface area (Å²) in [6.07, 6.45) is 6.33. The van der Waals surface area contributed by atoms with Crippen LogP contribution in [0, 0.1) is 0 Å². The first kappa shape index (κ1) is 10.6. The highest BCUT2D eigenvalue weighted by Gasteiger charge is 2.84. The van der Waals surface area contributed by atoms with Crippen LogP contribution >= 0.6 is 11.3 Å². The van der Waals surface area contributed by atoms with Gasteiger partial charge in [0.2, 0.25) is 0 Å². The van der Waals surface area contributed by atoms with Crippen LogP contribution < -0.4 is 0 Å². The van der Waals surface area contributed by atoms with Crippen molar-refractivity contribution in [1.82, 2.24) is 4.90 Å². The van der Waals surface area contributed by atoms with Crippen molar-refractivity contribution in [2.75, 3.05) is 0 Å². The van der Waals surface area contributed by atoms with E-state index in [4.69, 9.17) is 0 Å². The number of hydrogen-bond acceptors (Lipinski definition) is 3. The average Bonchev–Trinajstić information content (AvgIpc) is 2.80. The molecule has 1 saturated heterocycles. The summed E-state index contributed by atoms with van der Waals surface area (Å²) in [5, 5.41) is 11.5. The van der Waals surface area contributed by atoms with E-state index in [1.165, 1.54) is 16.5 Å². The molecule has 2 aliphatic carbocycles. The van der Waals surface area contributed by atoms with Gasteiger partial charge in [-0.05, 0) is 29.9 Å². The monoisotopic (exact) mass is 281 g/mol. The van der Waals surface area contributed by atoms with Gasteiger partial charge in [0, 0.05) is 27.6 Å². The molecule has 0 radical (unpaired) electrons. The average molecular weight is 281 g/mol. The van der Waals surface area contributed by atoms with Crippen LogP contribution in [-0.2, 0) is 12.0 Å². The molecule has 1 spiro atoms. The topological polar surface area (TPSA) is 23.2 Å². The molecule has 1 N–H and O–H groups in total. The number of hydrogen-bond donors (Lipinski definition) is 1. The molecule has 0 amide bonds. The molecule has 3 heterocycles. The van der Waals surface area contributed by atoms with E-state index in [2.05, 4.69) is 35.2 Å². The number of fused-ring (bicyclic) bond motifs is 4. The fourth-order valence-electron chi connectivity index (χ4n) is 5.35. The molecule has 2 aromatic rings. The van der Waals surface area contributed by atoms with Gasteiger partial charge in [0.05, 0.1) is 11.6 Å². The molecule has 3 heteroatoms. The van der Waals surface area contributed by atoms with Gasteiger partial charge in [0.15, 0.2) is 0 Å². The van der Waals surface area contributed by atoms with Crippen molar-refractivity contribution in [2.45, 2.75) is 42.5 Å². The van der Waals surface area contributed by atoms with E-state index in [0.29, 0.717) is 0 Å². The maximum absolute atomic E-state index is 10.1. The number of aliphatic hydroxyl groups is 1. The van der Waals surface area contributed by atoms with Gasteiger partial charge in [0.1, 0.15) is 0 Å². The Bertz CT molecular complexity index is 808. The Morgan fingerprint density at radius 1 is 1.25 bits per heavy atom. The van der Waals surface area contributed by atoms with Crippen molar-refractivity contribution >= 4 is 21.4 Å². The van der Waals surface area contributed by atoms with E-state index in [0.717, 1.165) is 19.0 Å². The molecule has 4 aliphatic rings. The van der Waals surface area contributed by atoms with Crippen LogP contribution in [0.4, 0.5) is 0 Å². The minimum atomic E-state index is -0.244. The third-order valence-corrected chi connectivity index (χ3v) is 7.61. The lowest BCUT2D eigenvalue weighted by molar-refractivity contribution is 0.114. The Hall–Kier alpha value is -1.16. The summed E-state index contributed by atoms with van der Waals surface area (Å²) in [5.41, 5.74) is 2.05. The summed E-state index contributed by atoms with van der Waals surface area (Å²) >= 11 is 1.99. The maximum Gasteiger partial charge on any atom is 0.0740 e. The lowest BCUT2D eigenvalue weighted by Crippen LogP contribution is -2.57. The molecule has 0 bridgehead atoms. The molecule has 1 aromatic carbocycles. The Labute approximate surface area is 121 Å². The second-order valence-electron chi connectivity index (χ2n) is 6.78. The highest BCUT2D eigenvalue weighted by Crippen LogP contribution is 2.76. The summed E-state index contributed by atoms with van der Waals surface area (Å²) in [6, 6.07) is 9.54. The zero-order chi connectivity index (χ0) is 13.1. The summed E-state index contributed by atoms with van der Waals surface area (Å²) in [4.78, 5) is 4.24. The Morgan fingerprint density at radius 3 is 3.10 bits per heavy atom. The van der Waals surface area contributed by atoms with E-state index in [-0.39, 0.29) is 17.1 Å². The summed E-state index contributed by atoms with van der Waals surface area (Å²) in [6.45, 7) is 1.09. The molecule has 1 saturated carbocycles. The van der Waals surface area contributed by atoms with Crippen LogP contribution in [0.15, 0.2) is 36.4 Å². The van der Waals surface area contributed by atoms with E-state index in [1.54, 1.807) is 10.4 Å². The highest BCUT2D eigenvalue weighted by molar-refractivity contribution is 7.19. The van der Waals surface area contributed by atoms with E-state index in [9.17, 15) is 5.11 Å². The van der Waals surface area contributed by atoms with Gasteiger partial charge in [-0.15, -0.1) is 11.3 Å². The van der Waals surface area contributed by atoms with Gasteiger partial charge < -0.3 is 5.11 Å². The fourth-order valence-corrected chi connectivity index (χ4v) is 6.83. The molecule has 2 aliphatic heterocycles. The van der Waals surface area contributed by atoms with Gasteiger partial charge in [0.25, 0.3) is 0 Å². The van der Waals surface area contributed by atoms with Crippen molar-refractivity contribution < 1.29 is 5.11 Å². The third-order valence-electron chi connectivity index (χ3n) is 6.22. The standard InChI is InChI=1S/C17H15NOS/c19-10-5-6-16-8-14-17(16,7-10)18(14)9-12-11-3-1-2-4-13(11)20-15(12)16/h1-6,10,14,19H,7-9H2/t10-,14?,16+,17?,18+/m1/s1. The van der Waals surface area contributed by atoms with Crippen molar-refractivity contribution in [2.24, 2.45) is 0 Å². The van der Waals surface area contributed by atoms with Crippen molar-refractivity contribution in [1.29, 1.82) is 0 Å². The minimum Gasteiger partial charge on any atom is -0.389 e. The first-order valence-electron chi connectivity index (χ1n) is 7.41. The fraction of sp³-hybridized carbons (Fsp3) is 0.412. The van der Waals surface area contributed by atoms with E-state index in [1.807, 2.05) is 17.4 Å². The smallest absolute Gasteiger partial charge is 0.0740 e. The molecular weight excluding hydrogens is 266 g/mol. The highest BCUT2D eigenvalue weighted by atomic mass is 32.1. The van der Waals surface area contributed by atoms with Gasteiger partial charge in [-0.25, -0.2) is 0 Å². The zero-order valence-electron chi connectivity index (χ0n) is 11.0. The van der Waals surface area contributed by atoms with E-state index < -0.39 is 0 Å². The number of nitrogens with zero attached hydrogens (tertiary/aromatic N) is 1. The maximum atomic E-state index is 10.1. The SMILES string of the molecule is O[C@@H]1C=C[C@]23CC4[N@](Cc5c2sc2ccccc52)C43C1. The second-order valence-corrected chi connectivity index (χ2v) is 7.83. The number of rotatable bonds is 0.